The number of nitrogens with zero attached hydrogens (tertiary/aromatic N) is 3. The molecule has 0 saturated heterocycles. The first-order valence-corrected chi connectivity index (χ1v) is 7.21. The minimum Gasteiger partial charge on any atom is -0.307 e. The number of rotatable bonds is 4. The SMILES string of the molecule is CCC(C)c1ncc(F)cc1C1=CC(N)N(N(C)C)C=C1. The molecule has 0 aliphatic carbocycles. The van der Waals surface area contributed by atoms with E-state index < -0.39 is 0 Å². The van der Waals surface area contributed by atoms with E-state index in [9.17, 15) is 4.39 Å². The lowest BCUT2D eigenvalue weighted by Crippen LogP contribution is -2.46. The number of allylic oxidation sites excluding steroid dienone is 2. The molecule has 0 amide bonds. The molecule has 1 aliphatic heterocycles. The normalized spacial score (nSPS) is 19.9. The first-order valence-electron chi connectivity index (χ1n) is 7.21. The molecule has 5 heteroatoms. The van der Waals surface area contributed by atoms with Gasteiger partial charge in [0.2, 0.25) is 0 Å². The minimum absolute atomic E-state index is 0.270. The molecule has 0 aromatic carbocycles. The standard InChI is InChI=1S/C16H23FN4/c1-5-11(2)16-14(9-13(17)10-19-16)12-6-7-21(20(3)4)15(18)8-12/h6-11,15H,5,18H2,1-4H3. The smallest absolute Gasteiger partial charge is 0.142 e. The van der Waals surface area contributed by atoms with E-state index in [4.69, 9.17) is 5.73 Å². The molecule has 0 fully saturated rings. The van der Waals surface area contributed by atoms with E-state index in [2.05, 4.69) is 18.8 Å². The molecule has 21 heavy (non-hydrogen) atoms. The summed E-state index contributed by atoms with van der Waals surface area (Å²) >= 11 is 0. The molecular formula is C16H23FN4. The summed E-state index contributed by atoms with van der Waals surface area (Å²) in [5.74, 6) is -0.0482. The quantitative estimate of drug-likeness (QED) is 0.926. The number of nitrogens with two attached hydrogens (primary N) is 1. The van der Waals surface area contributed by atoms with Crippen molar-refractivity contribution < 1.29 is 4.39 Å². The minimum atomic E-state index is -0.324. The summed E-state index contributed by atoms with van der Waals surface area (Å²) in [5.41, 5.74) is 8.81. The highest BCUT2D eigenvalue weighted by Crippen LogP contribution is 2.29. The summed E-state index contributed by atoms with van der Waals surface area (Å²) in [5, 5.41) is 3.81. The zero-order valence-corrected chi connectivity index (χ0v) is 13.0. The molecule has 4 nitrogen and oxygen atoms in total. The van der Waals surface area contributed by atoms with E-state index in [-0.39, 0.29) is 17.9 Å². The molecule has 1 aromatic rings. The van der Waals surface area contributed by atoms with Crippen molar-refractivity contribution in [3.8, 4) is 0 Å². The van der Waals surface area contributed by atoms with Crippen LogP contribution >= 0.6 is 0 Å². The summed E-state index contributed by atoms with van der Waals surface area (Å²) in [4.78, 5) is 4.29. The molecule has 1 aliphatic rings. The molecule has 0 bridgehead atoms. The molecule has 0 spiro atoms. The van der Waals surface area contributed by atoms with Crippen LogP contribution in [-0.4, -0.2) is 35.3 Å². The Hall–Kier alpha value is -1.72. The second-order valence-corrected chi connectivity index (χ2v) is 5.55. The third-order valence-corrected chi connectivity index (χ3v) is 3.80. The fourth-order valence-electron chi connectivity index (χ4n) is 2.42. The maximum atomic E-state index is 13.6. The van der Waals surface area contributed by atoms with Gasteiger partial charge in [-0.15, -0.1) is 0 Å². The fraction of sp³-hybridized carbons (Fsp3) is 0.438. The molecule has 0 saturated carbocycles. The van der Waals surface area contributed by atoms with Crippen LogP contribution in [0, 0.1) is 5.82 Å². The van der Waals surface area contributed by atoms with Crippen LogP contribution in [0.25, 0.3) is 5.57 Å². The Kier molecular flexibility index (Phi) is 4.75. The van der Waals surface area contributed by atoms with Crippen molar-refractivity contribution >= 4 is 5.57 Å². The molecule has 114 valence electrons. The van der Waals surface area contributed by atoms with Crippen molar-refractivity contribution in [1.82, 2.24) is 15.0 Å². The summed E-state index contributed by atoms with van der Waals surface area (Å²) in [7, 11) is 3.86. The second-order valence-electron chi connectivity index (χ2n) is 5.55. The van der Waals surface area contributed by atoms with E-state index in [0.717, 1.165) is 23.3 Å². The van der Waals surface area contributed by atoms with Crippen molar-refractivity contribution in [3.63, 3.8) is 0 Å². The first kappa shape index (κ1) is 15.7. The zero-order valence-electron chi connectivity index (χ0n) is 13.0. The lowest BCUT2D eigenvalue weighted by Gasteiger charge is -2.34. The average molecular weight is 290 g/mol. The van der Waals surface area contributed by atoms with Gasteiger partial charge in [-0.2, -0.15) is 0 Å². The second kappa shape index (κ2) is 6.37. The van der Waals surface area contributed by atoms with Gasteiger partial charge in [0.05, 0.1) is 11.9 Å². The van der Waals surface area contributed by atoms with Crippen LogP contribution in [0.3, 0.4) is 0 Å². The summed E-state index contributed by atoms with van der Waals surface area (Å²) < 4.78 is 13.6. The van der Waals surface area contributed by atoms with Crippen LogP contribution in [-0.2, 0) is 0 Å². The predicted molar refractivity (Wildman–Crippen MR) is 83.5 cm³/mol. The van der Waals surface area contributed by atoms with Crippen LogP contribution in [0.2, 0.25) is 0 Å². The van der Waals surface area contributed by atoms with Crippen LogP contribution in [0.15, 0.2) is 30.6 Å². The lowest BCUT2D eigenvalue weighted by molar-refractivity contribution is 0.0553. The van der Waals surface area contributed by atoms with E-state index in [0.29, 0.717) is 0 Å². The number of hydrogen-bond donors (Lipinski definition) is 1. The Morgan fingerprint density at radius 1 is 1.48 bits per heavy atom. The van der Waals surface area contributed by atoms with Gasteiger partial charge in [-0.1, -0.05) is 13.8 Å². The summed E-state index contributed by atoms with van der Waals surface area (Å²) in [6, 6.07) is 1.54. The maximum Gasteiger partial charge on any atom is 0.142 e. The van der Waals surface area contributed by atoms with Crippen LogP contribution in [0.1, 0.15) is 37.4 Å². The lowest BCUT2D eigenvalue weighted by atomic mass is 9.93. The monoisotopic (exact) mass is 290 g/mol. The maximum absolute atomic E-state index is 13.6. The zero-order chi connectivity index (χ0) is 15.6. The van der Waals surface area contributed by atoms with Crippen molar-refractivity contribution in [2.45, 2.75) is 32.4 Å². The Labute approximate surface area is 125 Å². The first-order chi connectivity index (χ1) is 9.93. The topological polar surface area (TPSA) is 45.4 Å². The van der Waals surface area contributed by atoms with Crippen molar-refractivity contribution in [2.24, 2.45) is 5.73 Å². The fourth-order valence-corrected chi connectivity index (χ4v) is 2.42. The third-order valence-electron chi connectivity index (χ3n) is 3.80. The van der Waals surface area contributed by atoms with Crippen LogP contribution in [0.4, 0.5) is 4.39 Å². The van der Waals surface area contributed by atoms with Crippen molar-refractivity contribution in [1.29, 1.82) is 0 Å². The van der Waals surface area contributed by atoms with Gasteiger partial charge in [-0.05, 0) is 36.1 Å². The van der Waals surface area contributed by atoms with Gasteiger partial charge in [-0.3, -0.25) is 9.99 Å². The third kappa shape index (κ3) is 3.31. The Balaban J connectivity index is 2.41. The molecular weight excluding hydrogens is 267 g/mol. The highest BCUT2D eigenvalue weighted by molar-refractivity contribution is 5.76. The largest absolute Gasteiger partial charge is 0.307 e. The van der Waals surface area contributed by atoms with E-state index >= 15 is 0 Å². The van der Waals surface area contributed by atoms with Gasteiger partial charge in [0, 0.05) is 25.9 Å². The van der Waals surface area contributed by atoms with Gasteiger partial charge in [-0.25, -0.2) is 9.40 Å². The van der Waals surface area contributed by atoms with E-state index in [1.165, 1.54) is 6.20 Å². The van der Waals surface area contributed by atoms with E-state index in [1.807, 2.05) is 42.5 Å². The van der Waals surface area contributed by atoms with Gasteiger partial charge in [0.25, 0.3) is 0 Å². The van der Waals surface area contributed by atoms with E-state index in [1.54, 1.807) is 6.07 Å². The number of halogens is 1. The summed E-state index contributed by atoms with van der Waals surface area (Å²) in [6.45, 7) is 4.20. The molecule has 2 atom stereocenters. The van der Waals surface area contributed by atoms with Gasteiger partial charge in [0.15, 0.2) is 0 Å². The molecule has 0 radical (unpaired) electrons. The molecule has 2 unspecified atom stereocenters. The van der Waals surface area contributed by atoms with Crippen LogP contribution < -0.4 is 5.73 Å². The Morgan fingerprint density at radius 2 is 2.19 bits per heavy atom. The predicted octanol–water partition coefficient (Wildman–Crippen LogP) is 2.71. The van der Waals surface area contributed by atoms with Gasteiger partial charge in [0.1, 0.15) is 12.0 Å². The van der Waals surface area contributed by atoms with Crippen molar-refractivity contribution in [2.75, 3.05) is 14.1 Å². The van der Waals surface area contributed by atoms with Crippen molar-refractivity contribution in [3.05, 3.63) is 47.7 Å². The summed E-state index contributed by atoms with van der Waals surface area (Å²) in [6.07, 6.45) is 7.76. The highest BCUT2D eigenvalue weighted by atomic mass is 19.1. The average Bonchev–Trinajstić information content (AvgIpc) is 2.45. The Bertz CT molecular complexity index is 565. The number of hydrogen-bond acceptors (Lipinski definition) is 4. The number of pyridine rings is 1. The molecule has 1 aromatic heterocycles. The number of hydrazine groups is 1. The Morgan fingerprint density at radius 3 is 2.76 bits per heavy atom. The van der Waals surface area contributed by atoms with Gasteiger partial charge >= 0.3 is 0 Å². The molecule has 2 N–H and O–H groups in total. The number of aromatic nitrogens is 1. The highest BCUT2D eigenvalue weighted by Gasteiger charge is 2.20. The van der Waals surface area contributed by atoms with Crippen LogP contribution in [0.5, 0.6) is 0 Å². The molecule has 2 heterocycles. The molecule has 2 rings (SSSR count). The van der Waals surface area contributed by atoms with Gasteiger partial charge < -0.3 is 5.73 Å².